The fraction of sp³-hybridized carbons (Fsp3) is 0.100. The summed E-state index contributed by atoms with van der Waals surface area (Å²) in [4.78, 5) is 0. The zero-order valence-electron chi connectivity index (χ0n) is 13.1. The Morgan fingerprint density at radius 1 is 0.739 bits per heavy atom. The molecular formula is C20H20NOP. The Bertz CT molecular complexity index is 772. The maximum atomic E-state index is 14.3. The highest BCUT2D eigenvalue weighted by molar-refractivity contribution is 7.85. The summed E-state index contributed by atoms with van der Waals surface area (Å²) in [6.45, 7) is 0.694. The molecule has 0 aliphatic carbocycles. The van der Waals surface area contributed by atoms with Crippen molar-refractivity contribution in [1.29, 1.82) is 0 Å². The molecule has 3 heteroatoms. The van der Waals surface area contributed by atoms with E-state index in [4.69, 9.17) is 0 Å². The molecule has 23 heavy (non-hydrogen) atoms. The third-order valence-electron chi connectivity index (χ3n) is 3.94. The van der Waals surface area contributed by atoms with Gasteiger partial charge in [-0.05, 0) is 12.6 Å². The van der Waals surface area contributed by atoms with Gasteiger partial charge in [-0.3, -0.25) is 0 Å². The third-order valence-corrected chi connectivity index (χ3v) is 7.10. The molecule has 0 saturated carbocycles. The first kappa shape index (κ1) is 15.7. The largest absolute Gasteiger partial charge is 0.316 e. The SMILES string of the molecule is CNCc1ccccc1P(=O)(c1ccccc1)c1ccccc1. The molecular weight excluding hydrogens is 301 g/mol. The molecule has 0 aliphatic rings. The molecule has 0 saturated heterocycles. The molecule has 0 aliphatic heterocycles. The summed E-state index contributed by atoms with van der Waals surface area (Å²) in [5.74, 6) is 0. The summed E-state index contributed by atoms with van der Waals surface area (Å²) in [5, 5.41) is 5.83. The lowest BCUT2D eigenvalue weighted by Gasteiger charge is -2.22. The van der Waals surface area contributed by atoms with E-state index in [9.17, 15) is 4.57 Å². The molecule has 2 nitrogen and oxygen atoms in total. The first-order valence-electron chi connectivity index (χ1n) is 7.71. The van der Waals surface area contributed by atoms with Crippen molar-refractivity contribution in [2.75, 3.05) is 7.05 Å². The Kier molecular flexibility index (Phi) is 4.76. The number of nitrogens with one attached hydrogen (secondary N) is 1. The standard InChI is InChI=1S/C20H20NOP/c1-21-16-17-10-8-9-15-20(17)23(22,18-11-4-2-5-12-18)19-13-6-3-7-14-19/h2-15,21H,16H2,1H3. The topological polar surface area (TPSA) is 29.1 Å². The number of rotatable bonds is 5. The summed E-state index contributed by atoms with van der Waals surface area (Å²) in [6, 6.07) is 27.6. The van der Waals surface area contributed by atoms with Gasteiger partial charge in [0.1, 0.15) is 0 Å². The van der Waals surface area contributed by atoms with Crippen LogP contribution >= 0.6 is 7.14 Å². The van der Waals surface area contributed by atoms with Crippen molar-refractivity contribution in [3.05, 3.63) is 90.5 Å². The van der Waals surface area contributed by atoms with Crippen LogP contribution in [0, 0.1) is 0 Å². The summed E-state index contributed by atoms with van der Waals surface area (Å²) in [7, 11) is -0.974. The lowest BCUT2D eigenvalue weighted by molar-refractivity contribution is 0.592. The normalized spacial score (nSPS) is 11.3. The maximum Gasteiger partial charge on any atom is 0.171 e. The highest BCUT2D eigenvalue weighted by Crippen LogP contribution is 2.43. The van der Waals surface area contributed by atoms with Crippen LogP contribution in [0.15, 0.2) is 84.9 Å². The molecule has 0 amide bonds. The fourth-order valence-electron chi connectivity index (χ4n) is 2.86. The van der Waals surface area contributed by atoms with Gasteiger partial charge in [0.15, 0.2) is 7.14 Å². The summed E-state index contributed by atoms with van der Waals surface area (Å²) < 4.78 is 14.3. The highest BCUT2D eigenvalue weighted by atomic mass is 31.2. The molecule has 3 aromatic rings. The van der Waals surface area contributed by atoms with Crippen molar-refractivity contribution in [2.24, 2.45) is 0 Å². The van der Waals surface area contributed by atoms with Gasteiger partial charge in [-0.1, -0.05) is 84.9 Å². The summed E-state index contributed by atoms with van der Waals surface area (Å²) in [6.07, 6.45) is 0. The van der Waals surface area contributed by atoms with Crippen molar-refractivity contribution >= 4 is 23.1 Å². The molecule has 0 heterocycles. The predicted octanol–water partition coefficient (Wildman–Crippen LogP) is 3.05. The van der Waals surface area contributed by atoms with Gasteiger partial charge in [0, 0.05) is 22.5 Å². The van der Waals surface area contributed by atoms with E-state index in [0.29, 0.717) is 6.54 Å². The zero-order valence-corrected chi connectivity index (χ0v) is 14.0. The number of hydrogen-bond donors (Lipinski definition) is 1. The van der Waals surface area contributed by atoms with E-state index in [1.807, 2.05) is 92.0 Å². The van der Waals surface area contributed by atoms with E-state index < -0.39 is 7.14 Å². The second-order valence-electron chi connectivity index (χ2n) is 5.44. The first-order valence-corrected chi connectivity index (χ1v) is 9.42. The van der Waals surface area contributed by atoms with Gasteiger partial charge in [0.25, 0.3) is 0 Å². The van der Waals surface area contributed by atoms with Crippen LogP contribution in [0.3, 0.4) is 0 Å². The fourth-order valence-corrected chi connectivity index (χ4v) is 5.75. The molecule has 0 spiro atoms. The van der Waals surface area contributed by atoms with Gasteiger partial charge in [-0.15, -0.1) is 0 Å². The van der Waals surface area contributed by atoms with Crippen LogP contribution in [-0.2, 0) is 11.1 Å². The molecule has 0 bridgehead atoms. The van der Waals surface area contributed by atoms with E-state index in [1.54, 1.807) is 0 Å². The maximum absolute atomic E-state index is 14.3. The van der Waals surface area contributed by atoms with Crippen LogP contribution in [0.25, 0.3) is 0 Å². The van der Waals surface area contributed by atoms with Gasteiger partial charge in [0.05, 0.1) is 0 Å². The Balaban J connectivity index is 2.28. The van der Waals surface area contributed by atoms with E-state index in [-0.39, 0.29) is 0 Å². The van der Waals surface area contributed by atoms with Gasteiger partial charge in [-0.25, -0.2) is 0 Å². The van der Waals surface area contributed by atoms with Crippen LogP contribution in [0.1, 0.15) is 5.56 Å². The van der Waals surface area contributed by atoms with E-state index >= 15 is 0 Å². The minimum absolute atomic E-state index is 0.694. The van der Waals surface area contributed by atoms with Crippen LogP contribution in [-0.4, -0.2) is 7.05 Å². The minimum atomic E-state index is -2.88. The Morgan fingerprint density at radius 3 is 1.74 bits per heavy atom. The average molecular weight is 321 g/mol. The number of hydrogen-bond acceptors (Lipinski definition) is 2. The Hall–Kier alpha value is -2.15. The Labute approximate surface area is 137 Å². The van der Waals surface area contributed by atoms with Gasteiger partial charge < -0.3 is 9.88 Å². The second-order valence-corrected chi connectivity index (χ2v) is 8.17. The summed E-state index contributed by atoms with van der Waals surface area (Å²) in [5.41, 5.74) is 1.08. The van der Waals surface area contributed by atoms with Crippen molar-refractivity contribution in [3.63, 3.8) is 0 Å². The van der Waals surface area contributed by atoms with E-state index in [1.165, 1.54) is 0 Å². The van der Waals surface area contributed by atoms with Crippen LogP contribution in [0.4, 0.5) is 0 Å². The van der Waals surface area contributed by atoms with Gasteiger partial charge >= 0.3 is 0 Å². The van der Waals surface area contributed by atoms with Gasteiger partial charge in [0.2, 0.25) is 0 Å². The van der Waals surface area contributed by atoms with Gasteiger partial charge in [-0.2, -0.15) is 0 Å². The third kappa shape index (κ3) is 3.01. The van der Waals surface area contributed by atoms with Crippen LogP contribution < -0.4 is 21.2 Å². The molecule has 0 unspecified atom stereocenters. The molecule has 116 valence electrons. The molecule has 0 fully saturated rings. The molecule has 3 rings (SSSR count). The summed E-state index contributed by atoms with van der Waals surface area (Å²) >= 11 is 0. The van der Waals surface area contributed by atoms with Crippen molar-refractivity contribution in [2.45, 2.75) is 6.54 Å². The van der Waals surface area contributed by atoms with Crippen molar-refractivity contribution in [1.82, 2.24) is 5.32 Å². The molecule has 0 radical (unpaired) electrons. The number of benzene rings is 3. The molecule has 1 N–H and O–H groups in total. The van der Waals surface area contributed by atoms with Crippen LogP contribution in [0.2, 0.25) is 0 Å². The monoisotopic (exact) mass is 321 g/mol. The van der Waals surface area contributed by atoms with Crippen molar-refractivity contribution < 1.29 is 4.57 Å². The Morgan fingerprint density at radius 2 is 1.22 bits per heavy atom. The lowest BCUT2D eigenvalue weighted by Crippen LogP contribution is -2.28. The van der Waals surface area contributed by atoms with E-state index in [2.05, 4.69) is 5.32 Å². The minimum Gasteiger partial charge on any atom is -0.316 e. The predicted molar refractivity (Wildman–Crippen MR) is 98.6 cm³/mol. The van der Waals surface area contributed by atoms with Crippen LogP contribution in [0.5, 0.6) is 0 Å². The quantitative estimate of drug-likeness (QED) is 0.732. The average Bonchev–Trinajstić information content (AvgIpc) is 2.63. The highest BCUT2D eigenvalue weighted by Gasteiger charge is 2.31. The molecule has 0 atom stereocenters. The zero-order chi connectivity index (χ0) is 16.1. The first-order chi connectivity index (χ1) is 11.3. The van der Waals surface area contributed by atoms with Crippen molar-refractivity contribution in [3.8, 4) is 0 Å². The second kappa shape index (κ2) is 6.95. The molecule has 3 aromatic carbocycles. The lowest BCUT2D eigenvalue weighted by atomic mass is 10.2. The van der Waals surface area contributed by atoms with E-state index in [0.717, 1.165) is 21.5 Å². The molecule has 0 aromatic heterocycles. The smallest absolute Gasteiger partial charge is 0.171 e.